The first-order valence-corrected chi connectivity index (χ1v) is 9.17. The standard InChI is InChI=1S/C18H23N5O/c24-18(15-7-8-19-16(15)12-3-4-12)22-9-1-2-13(10-22)17-21-20-11-23(17)14-5-6-14/h7-8,11-14,19H,1-6,9-10H2. The van der Waals surface area contributed by atoms with Gasteiger partial charge >= 0.3 is 0 Å². The topological polar surface area (TPSA) is 66.8 Å². The van der Waals surface area contributed by atoms with Gasteiger partial charge in [-0.25, -0.2) is 0 Å². The fraction of sp³-hybridized carbons (Fsp3) is 0.611. The summed E-state index contributed by atoms with van der Waals surface area (Å²) in [5.41, 5.74) is 2.02. The molecule has 2 aliphatic carbocycles. The van der Waals surface area contributed by atoms with Crippen LogP contribution in [0.15, 0.2) is 18.6 Å². The molecular formula is C18H23N5O. The number of nitrogens with one attached hydrogen (secondary N) is 1. The van der Waals surface area contributed by atoms with Crippen LogP contribution in [0.5, 0.6) is 0 Å². The molecule has 0 aromatic carbocycles. The van der Waals surface area contributed by atoms with Gasteiger partial charge in [0.2, 0.25) is 0 Å². The van der Waals surface area contributed by atoms with E-state index in [0.29, 0.717) is 17.9 Å². The number of nitrogens with zero attached hydrogens (tertiary/aromatic N) is 4. The summed E-state index contributed by atoms with van der Waals surface area (Å²) in [6.07, 6.45) is 10.8. The van der Waals surface area contributed by atoms with Gasteiger partial charge in [-0.05, 0) is 50.5 Å². The summed E-state index contributed by atoms with van der Waals surface area (Å²) in [7, 11) is 0. The van der Waals surface area contributed by atoms with E-state index in [1.165, 1.54) is 25.7 Å². The molecule has 6 nitrogen and oxygen atoms in total. The van der Waals surface area contributed by atoms with E-state index in [2.05, 4.69) is 19.7 Å². The van der Waals surface area contributed by atoms with Gasteiger partial charge in [0, 0.05) is 36.9 Å². The van der Waals surface area contributed by atoms with Crippen molar-refractivity contribution in [2.24, 2.45) is 0 Å². The minimum Gasteiger partial charge on any atom is -0.364 e. The molecule has 1 N–H and O–H groups in total. The zero-order valence-electron chi connectivity index (χ0n) is 13.8. The van der Waals surface area contributed by atoms with Crippen LogP contribution in [0.2, 0.25) is 0 Å². The van der Waals surface area contributed by atoms with Gasteiger partial charge in [-0.3, -0.25) is 4.79 Å². The van der Waals surface area contributed by atoms with Crippen LogP contribution in [0, 0.1) is 0 Å². The highest BCUT2D eigenvalue weighted by Crippen LogP contribution is 2.41. The minimum atomic E-state index is 0.181. The summed E-state index contributed by atoms with van der Waals surface area (Å²) in [5, 5.41) is 8.51. The van der Waals surface area contributed by atoms with Crippen LogP contribution < -0.4 is 0 Å². The smallest absolute Gasteiger partial charge is 0.255 e. The average molecular weight is 325 g/mol. The number of rotatable bonds is 4. The van der Waals surface area contributed by atoms with Crippen molar-refractivity contribution in [2.45, 2.75) is 56.4 Å². The summed E-state index contributed by atoms with van der Waals surface area (Å²) in [6.45, 7) is 1.61. The number of piperidine rings is 1. The number of likely N-dealkylation sites (tertiary alicyclic amines) is 1. The quantitative estimate of drug-likeness (QED) is 0.940. The molecule has 0 spiro atoms. The number of hydrogen-bond acceptors (Lipinski definition) is 3. The Morgan fingerprint density at radius 3 is 2.83 bits per heavy atom. The minimum absolute atomic E-state index is 0.181. The van der Waals surface area contributed by atoms with Gasteiger partial charge < -0.3 is 14.5 Å². The average Bonchev–Trinajstić information content (AvgIpc) is 3.55. The Morgan fingerprint density at radius 1 is 1.17 bits per heavy atom. The van der Waals surface area contributed by atoms with Crippen molar-refractivity contribution in [3.05, 3.63) is 35.7 Å². The van der Waals surface area contributed by atoms with Gasteiger partial charge in [0.1, 0.15) is 12.2 Å². The zero-order chi connectivity index (χ0) is 16.1. The lowest BCUT2D eigenvalue weighted by Gasteiger charge is -2.32. The Kier molecular flexibility index (Phi) is 3.24. The molecule has 1 atom stereocenters. The second kappa shape index (κ2) is 5.46. The monoisotopic (exact) mass is 325 g/mol. The molecule has 3 heterocycles. The lowest BCUT2D eigenvalue weighted by molar-refractivity contribution is 0.0702. The van der Waals surface area contributed by atoms with Crippen molar-refractivity contribution in [3.8, 4) is 0 Å². The van der Waals surface area contributed by atoms with Crippen molar-refractivity contribution >= 4 is 5.91 Å². The van der Waals surface area contributed by atoms with Crippen LogP contribution in [-0.4, -0.2) is 43.6 Å². The number of aromatic amines is 1. The van der Waals surface area contributed by atoms with Crippen LogP contribution >= 0.6 is 0 Å². The molecule has 6 heteroatoms. The van der Waals surface area contributed by atoms with Crippen LogP contribution in [-0.2, 0) is 0 Å². The van der Waals surface area contributed by atoms with Crippen LogP contribution in [0.1, 0.15) is 78.3 Å². The molecule has 24 heavy (non-hydrogen) atoms. The number of hydrogen-bond donors (Lipinski definition) is 1. The number of H-pyrrole nitrogens is 1. The normalized spacial score (nSPS) is 24.3. The van der Waals surface area contributed by atoms with Crippen LogP contribution in [0.4, 0.5) is 0 Å². The fourth-order valence-electron chi connectivity index (χ4n) is 4.00. The lowest BCUT2D eigenvalue weighted by atomic mass is 9.96. The maximum absolute atomic E-state index is 13.0. The number of amides is 1. The first-order valence-electron chi connectivity index (χ1n) is 9.17. The predicted octanol–water partition coefficient (Wildman–Crippen LogP) is 2.84. The summed E-state index contributed by atoms with van der Waals surface area (Å²) in [5.74, 6) is 2.14. The number of carbonyl (C=O) groups excluding carboxylic acids is 1. The third-order valence-corrected chi connectivity index (χ3v) is 5.61. The number of aromatic nitrogens is 4. The molecule has 0 bridgehead atoms. The third kappa shape index (κ3) is 2.44. The summed E-state index contributed by atoms with van der Waals surface area (Å²) < 4.78 is 2.24. The van der Waals surface area contributed by atoms with Crippen molar-refractivity contribution in [2.75, 3.05) is 13.1 Å². The second-order valence-corrected chi connectivity index (χ2v) is 7.50. The van der Waals surface area contributed by atoms with Gasteiger partial charge in [-0.1, -0.05) is 0 Å². The molecule has 2 saturated carbocycles. The molecule has 0 radical (unpaired) electrons. The third-order valence-electron chi connectivity index (χ3n) is 5.61. The molecule has 2 aromatic heterocycles. The Labute approximate surface area is 141 Å². The second-order valence-electron chi connectivity index (χ2n) is 7.50. The zero-order valence-corrected chi connectivity index (χ0v) is 13.8. The van der Waals surface area contributed by atoms with Crippen molar-refractivity contribution in [1.29, 1.82) is 0 Å². The molecule has 5 rings (SSSR count). The van der Waals surface area contributed by atoms with E-state index in [0.717, 1.165) is 43.0 Å². The van der Waals surface area contributed by atoms with Gasteiger partial charge in [0.25, 0.3) is 5.91 Å². The number of carbonyl (C=O) groups is 1. The van der Waals surface area contributed by atoms with E-state index in [4.69, 9.17) is 0 Å². The molecule has 1 aliphatic heterocycles. The van der Waals surface area contributed by atoms with Gasteiger partial charge in [-0.2, -0.15) is 0 Å². The van der Waals surface area contributed by atoms with E-state index < -0.39 is 0 Å². The molecular weight excluding hydrogens is 302 g/mol. The molecule has 3 fully saturated rings. The fourth-order valence-corrected chi connectivity index (χ4v) is 4.00. The van der Waals surface area contributed by atoms with Gasteiger partial charge in [-0.15, -0.1) is 10.2 Å². The maximum Gasteiger partial charge on any atom is 0.255 e. The molecule has 1 saturated heterocycles. The largest absolute Gasteiger partial charge is 0.364 e. The molecule has 126 valence electrons. The Hall–Kier alpha value is -2.11. The van der Waals surface area contributed by atoms with Crippen molar-refractivity contribution in [1.82, 2.24) is 24.6 Å². The Balaban J connectivity index is 1.36. The van der Waals surface area contributed by atoms with E-state index in [9.17, 15) is 4.79 Å². The van der Waals surface area contributed by atoms with Crippen molar-refractivity contribution < 1.29 is 4.79 Å². The highest BCUT2D eigenvalue weighted by atomic mass is 16.2. The lowest BCUT2D eigenvalue weighted by Crippen LogP contribution is -2.40. The van der Waals surface area contributed by atoms with Crippen LogP contribution in [0.3, 0.4) is 0 Å². The first kappa shape index (κ1) is 14.3. The highest BCUT2D eigenvalue weighted by molar-refractivity contribution is 5.95. The SMILES string of the molecule is O=C(c1cc[nH]c1C1CC1)N1CCCC(c2nncn2C2CC2)C1. The molecule has 2 aromatic rings. The van der Waals surface area contributed by atoms with Crippen LogP contribution in [0.25, 0.3) is 0 Å². The maximum atomic E-state index is 13.0. The first-order chi connectivity index (χ1) is 11.8. The summed E-state index contributed by atoms with van der Waals surface area (Å²) >= 11 is 0. The Morgan fingerprint density at radius 2 is 2.04 bits per heavy atom. The van der Waals surface area contributed by atoms with Gasteiger partial charge in [0.15, 0.2) is 0 Å². The highest BCUT2D eigenvalue weighted by Gasteiger charge is 2.35. The molecule has 3 aliphatic rings. The summed E-state index contributed by atoms with van der Waals surface area (Å²) in [4.78, 5) is 18.3. The van der Waals surface area contributed by atoms with E-state index in [1.807, 2.05) is 23.5 Å². The summed E-state index contributed by atoms with van der Waals surface area (Å²) in [6, 6.07) is 2.54. The predicted molar refractivity (Wildman–Crippen MR) is 88.9 cm³/mol. The van der Waals surface area contributed by atoms with Crippen molar-refractivity contribution in [3.63, 3.8) is 0 Å². The van der Waals surface area contributed by atoms with E-state index in [1.54, 1.807) is 0 Å². The Bertz CT molecular complexity index is 755. The van der Waals surface area contributed by atoms with E-state index in [-0.39, 0.29) is 5.91 Å². The molecule has 1 unspecified atom stereocenters. The molecule has 1 amide bonds. The van der Waals surface area contributed by atoms with Gasteiger partial charge in [0.05, 0.1) is 5.56 Å². The van der Waals surface area contributed by atoms with E-state index >= 15 is 0 Å².